The van der Waals surface area contributed by atoms with Crippen molar-refractivity contribution < 1.29 is 9.90 Å². The van der Waals surface area contributed by atoms with Gasteiger partial charge < -0.3 is 15.7 Å². The molecule has 0 saturated heterocycles. The average molecular weight is 250 g/mol. The Morgan fingerprint density at radius 2 is 1.72 bits per heavy atom. The summed E-state index contributed by atoms with van der Waals surface area (Å²) in [6.45, 7) is 1.53. The summed E-state index contributed by atoms with van der Waals surface area (Å²) >= 11 is 0. The van der Waals surface area contributed by atoms with E-state index in [4.69, 9.17) is 5.11 Å². The van der Waals surface area contributed by atoms with E-state index >= 15 is 0 Å². The number of aliphatic hydroxyl groups is 1. The van der Waals surface area contributed by atoms with E-state index in [1.165, 1.54) is 5.56 Å². The molecule has 100 valence electrons. The molecule has 0 aliphatic heterocycles. The summed E-state index contributed by atoms with van der Waals surface area (Å²) in [5.41, 5.74) is 1.22. The maximum Gasteiger partial charge on any atom is 0.314 e. The van der Waals surface area contributed by atoms with Gasteiger partial charge >= 0.3 is 6.03 Å². The number of urea groups is 1. The molecule has 0 heterocycles. The van der Waals surface area contributed by atoms with Crippen LogP contribution in [0.15, 0.2) is 30.3 Å². The molecule has 0 atom stereocenters. The number of carbonyl (C=O) groups excluding carboxylic acids is 1. The van der Waals surface area contributed by atoms with Crippen LogP contribution in [0.25, 0.3) is 0 Å². The van der Waals surface area contributed by atoms with Crippen molar-refractivity contribution in [3.8, 4) is 0 Å². The van der Waals surface area contributed by atoms with Crippen LogP contribution < -0.4 is 10.6 Å². The molecule has 4 nitrogen and oxygen atoms in total. The van der Waals surface area contributed by atoms with Crippen LogP contribution in [0, 0.1) is 0 Å². The average Bonchev–Trinajstić information content (AvgIpc) is 2.40. The molecule has 0 aromatic heterocycles. The van der Waals surface area contributed by atoms with E-state index < -0.39 is 0 Å². The van der Waals surface area contributed by atoms with Gasteiger partial charge in [0.2, 0.25) is 0 Å². The summed E-state index contributed by atoms with van der Waals surface area (Å²) in [7, 11) is 0. The second-order valence-corrected chi connectivity index (χ2v) is 4.20. The molecule has 2 amide bonds. The molecule has 1 rings (SSSR count). The first kappa shape index (κ1) is 14.5. The van der Waals surface area contributed by atoms with Gasteiger partial charge in [-0.15, -0.1) is 0 Å². The standard InChI is InChI=1S/C14H22N2O2/c17-12-6-2-5-10-15-14(18)16-11-9-13-7-3-1-4-8-13/h1,3-4,7-8,17H,2,5-6,9-12H2,(H2,15,16,18). The third-order valence-corrected chi connectivity index (χ3v) is 2.66. The third kappa shape index (κ3) is 6.91. The van der Waals surface area contributed by atoms with Gasteiger partial charge in [0, 0.05) is 19.7 Å². The molecule has 0 aliphatic rings. The molecule has 3 N–H and O–H groups in total. The summed E-state index contributed by atoms with van der Waals surface area (Å²) in [5, 5.41) is 14.2. The Hall–Kier alpha value is -1.55. The van der Waals surface area contributed by atoms with Crippen molar-refractivity contribution in [1.82, 2.24) is 10.6 Å². The predicted molar refractivity (Wildman–Crippen MR) is 72.5 cm³/mol. The molecule has 1 aromatic rings. The second kappa shape index (κ2) is 9.48. The highest BCUT2D eigenvalue weighted by molar-refractivity contribution is 5.73. The van der Waals surface area contributed by atoms with Gasteiger partial charge in [0.1, 0.15) is 0 Å². The van der Waals surface area contributed by atoms with Gasteiger partial charge in [-0.2, -0.15) is 0 Å². The van der Waals surface area contributed by atoms with Gasteiger partial charge in [-0.3, -0.25) is 0 Å². The van der Waals surface area contributed by atoms with Crippen LogP contribution in [0.1, 0.15) is 24.8 Å². The van der Waals surface area contributed by atoms with Crippen molar-refractivity contribution >= 4 is 6.03 Å². The van der Waals surface area contributed by atoms with E-state index in [2.05, 4.69) is 22.8 Å². The number of amides is 2. The molecule has 18 heavy (non-hydrogen) atoms. The summed E-state index contributed by atoms with van der Waals surface area (Å²) in [6.07, 6.45) is 3.50. The third-order valence-electron chi connectivity index (χ3n) is 2.66. The summed E-state index contributed by atoms with van der Waals surface area (Å²) < 4.78 is 0. The van der Waals surface area contributed by atoms with Crippen molar-refractivity contribution in [1.29, 1.82) is 0 Å². The molecule has 0 radical (unpaired) electrons. The summed E-state index contributed by atoms with van der Waals surface area (Å²) in [4.78, 5) is 11.4. The van der Waals surface area contributed by atoms with Crippen LogP contribution in [-0.2, 0) is 6.42 Å². The van der Waals surface area contributed by atoms with Crippen molar-refractivity contribution in [3.05, 3.63) is 35.9 Å². The number of unbranched alkanes of at least 4 members (excludes halogenated alkanes) is 2. The van der Waals surface area contributed by atoms with Crippen LogP contribution in [0.2, 0.25) is 0 Å². The molecular weight excluding hydrogens is 228 g/mol. The highest BCUT2D eigenvalue weighted by Gasteiger charge is 1.98. The maximum atomic E-state index is 11.4. The van der Waals surface area contributed by atoms with Crippen LogP contribution >= 0.6 is 0 Å². The number of rotatable bonds is 8. The first-order chi connectivity index (χ1) is 8.83. The topological polar surface area (TPSA) is 61.4 Å². The highest BCUT2D eigenvalue weighted by atomic mass is 16.2. The summed E-state index contributed by atoms with van der Waals surface area (Å²) in [5.74, 6) is 0. The summed E-state index contributed by atoms with van der Waals surface area (Å²) in [6, 6.07) is 9.96. The Morgan fingerprint density at radius 1 is 1.00 bits per heavy atom. The Labute approximate surface area is 108 Å². The second-order valence-electron chi connectivity index (χ2n) is 4.20. The largest absolute Gasteiger partial charge is 0.396 e. The number of carbonyl (C=O) groups is 1. The van der Waals surface area contributed by atoms with E-state index in [1.807, 2.05) is 18.2 Å². The fourth-order valence-corrected chi connectivity index (χ4v) is 1.64. The highest BCUT2D eigenvalue weighted by Crippen LogP contribution is 1.98. The number of hydrogen-bond donors (Lipinski definition) is 3. The lowest BCUT2D eigenvalue weighted by Crippen LogP contribution is -2.37. The van der Waals surface area contributed by atoms with E-state index in [0.29, 0.717) is 13.1 Å². The van der Waals surface area contributed by atoms with Crippen molar-refractivity contribution in [2.75, 3.05) is 19.7 Å². The van der Waals surface area contributed by atoms with Crippen LogP contribution in [0.3, 0.4) is 0 Å². The minimum Gasteiger partial charge on any atom is -0.396 e. The molecule has 1 aromatic carbocycles. The zero-order chi connectivity index (χ0) is 13.1. The van der Waals surface area contributed by atoms with E-state index in [0.717, 1.165) is 25.7 Å². The van der Waals surface area contributed by atoms with Crippen molar-refractivity contribution in [2.45, 2.75) is 25.7 Å². The first-order valence-corrected chi connectivity index (χ1v) is 6.49. The Morgan fingerprint density at radius 3 is 2.44 bits per heavy atom. The van der Waals surface area contributed by atoms with Crippen LogP contribution in [0.4, 0.5) is 4.79 Å². The van der Waals surface area contributed by atoms with E-state index in [-0.39, 0.29) is 12.6 Å². The van der Waals surface area contributed by atoms with Gasteiger partial charge in [-0.25, -0.2) is 4.79 Å². The Bertz CT molecular complexity index is 328. The zero-order valence-electron chi connectivity index (χ0n) is 10.7. The smallest absolute Gasteiger partial charge is 0.314 e. The normalized spacial score (nSPS) is 10.1. The number of aliphatic hydroxyl groups excluding tert-OH is 1. The van der Waals surface area contributed by atoms with Gasteiger partial charge in [0.15, 0.2) is 0 Å². The van der Waals surface area contributed by atoms with Crippen LogP contribution in [0.5, 0.6) is 0 Å². The molecule has 0 bridgehead atoms. The minimum atomic E-state index is -0.116. The molecule has 0 spiro atoms. The molecule has 0 unspecified atom stereocenters. The number of nitrogens with one attached hydrogen (secondary N) is 2. The lowest BCUT2D eigenvalue weighted by atomic mass is 10.1. The fourth-order valence-electron chi connectivity index (χ4n) is 1.64. The SMILES string of the molecule is O=C(NCCCCCO)NCCc1ccccc1. The van der Waals surface area contributed by atoms with E-state index in [1.54, 1.807) is 0 Å². The number of benzene rings is 1. The molecular formula is C14H22N2O2. The Balaban J connectivity index is 2.00. The lowest BCUT2D eigenvalue weighted by molar-refractivity contribution is 0.240. The zero-order valence-corrected chi connectivity index (χ0v) is 10.7. The van der Waals surface area contributed by atoms with Gasteiger partial charge in [0.05, 0.1) is 0 Å². The molecule has 0 aliphatic carbocycles. The van der Waals surface area contributed by atoms with Gasteiger partial charge in [-0.05, 0) is 31.2 Å². The van der Waals surface area contributed by atoms with Gasteiger partial charge in [-0.1, -0.05) is 30.3 Å². The molecule has 0 saturated carbocycles. The fraction of sp³-hybridized carbons (Fsp3) is 0.500. The Kier molecular flexibility index (Phi) is 7.64. The minimum absolute atomic E-state index is 0.116. The quantitative estimate of drug-likeness (QED) is 0.615. The first-order valence-electron chi connectivity index (χ1n) is 6.49. The monoisotopic (exact) mass is 250 g/mol. The lowest BCUT2D eigenvalue weighted by Gasteiger charge is -2.07. The predicted octanol–water partition coefficient (Wildman–Crippen LogP) is 1.69. The molecule has 0 fully saturated rings. The van der Waals surface area contributed by atoms with Crippen molar-refractivity contribution in [2.24, 2.45) is 0 Å². The van der Waals surface area contributed by atoms with Crippen LogP contribution in [-0.4, -0.2) is 30.8 Å². The van der Waals surface area contributed by atoms with E-state index in [9.17, 15) is 4.79 Å². The maximum absolute atomic E-state index is 11.4. The number of hydrogen-bond acceptors (Lipinski definition) is 2. The van der Waals surface area contributed by atoms with Crippen molar-refractivity contribution in [3.63, 3.8) is 0 Å². The molecule has 4 heteroatoms. The van der Waals surface area contributed by atoms with Gasteiger partial charge in [0.25, 0.3) is 0 Å².